The fourth-order valence-electron chi connectivity index (χ4n) is 2.54. The Bertz CT molecular complexity index is 402. The first kappa shape index (κ1) is 12.9. The van der Waals surface area contributed by atoms with Crippen LogP contribution in [0.2, 0.25) is 0 Å². The molecule has 2 rings (SSSR count). The number of esters is 1. The molecule has 0 radical (unpaired) electrons. The second-order valence-corrected chi connectivity index (χ2v) is 4.98. The zero-order valence-electron chi connectivity index (χ0n) is 10.7. The van der Waals surface area contributed by atoms with E-state index in [2.05, 4.69) is 6.58 Å². The summed E-state index contributed by atoms with van der Waals surface area (Å²) in [5.41, 5.74) is 0.591. The van der Waals surface area contributed by atoms with Gasteiger partial charge in [-0.05, 0) is 18.4 Å². The summed E-state index contributed by atoms with van der Waals surface area (Å²) in [7, 11) is 0. The number of carbonyl (C=O) groups is 1. The molecule has 1 fully saturated rings. The quantitative estimate of drug-likeness (QED) is 0.593. The highest BCUT2D eigenvalue weighted by Gasteiger charge is 2.37. The van der Waals surface area contributed by atoms with E-state index >= 15 is 0 Å². The molecule has 1 saturated carbocycles. The lowest BCUT2D eigenvalue weighted by Crippen LogP contribution is -2.33. The van der Waals surface area contributed by atoms with Crippen LogP contribution < -0.4 is 0 Å². The van der Waals surface area contributed by atoms with Gasteiger partial charge < -0.3 is 4.74 Å². The average molecular weight is 244 g/mol. The van der Waals surface area contributed by atoms with Crippen molar-refractivity contribution in [1.29, 1.82) is 0 Å². The van der Waals surface area contributed by atoms with Crippen molar-refractivity contribution in [3.05, 3.63) is 48.6 Å². The van der Waals surface area contributed by atoms with Crippen LogP contribution in [0.4, 0.5) is 0 Å². The summed E-state index contributed by atoms with van der Waals surface area (Å²) in [5, 5.41) is 0. The van der Waals surface area contributed by atoms with Gasteiger partial charge in [0.05, 0.1) is 5.41 Å². The van der Waals surface area contributed by atoms with Crippen LogP contribution in [0.5, 0.6) is 0 Å². The van der Waals surface area contributed by atoms with E-state index in [1.165, 1.54) is 6.42 Å². The maximum atomic E-state index is 12.2. The first-order valence-corrected chi connectivity index (χ1v) is 6.62. The molecule has 2 nitrogen and oxygen atoms in total. The minimum atomic E-state index is -0.437. The third-order valence-electron chi connectivity index (χ3n) is 3.76. The van der Waals surface area contributed by atoms with Crippen molar-refractivity contribution in [2.75, 3.05) is 0 Å². The first-order chi connectivity index (χ1) is 8.77. The predicted octanol–water partition coefficient (Wildman–Crippen LogP) is 3.87. The number of hydrogen-bond donors (Lipinski definition) is 0. The summed E-state index contributed by atoms with van der Waals surface area (Å²) in [4.78, 5) is 12.2. The molecule has 1 aromatic carbocycles. The van der Waals surface area contributed by atoms with E-state index in [0.717, 1.165) is 31.2 Å². The molecule has 0 unspecified atom stereocenters. The summed E-state index contributed by atoms with van der Waals surface area (Å²) < 4.78 is 5.45. The van der Waals surface area contributed by atoms with Gasteiger partial charge in [-0.1, -0.05) is 55.7 Å². The van der Waals surface area contributed by atoms with E-state index in [-0.39, 0.29) is 5.97 Å². The lowest BCUT2D eigenvalue weighted by molar-refractivity contribution is -0.156. The van der Waals surface area contributed by atoms with E-state index in [1.807, 2.05) is 30.3 Å². The Morgan fingerprint density at radius 1 is 1.22 bits per heavy atom. The summed E-state index contributed by atoms with van der Waals surface area (Å²) in [6.07, 6.45) is 6.94. The topological polar surface area (TPSA) is 26.3 Å². The van der Waals surface area contributed by atoms with E-state index in [9.17, 15) is 4.79 Å². The molecule has 2 heteroatoms. The second-order valence-electron chi connectivity index (χ2n) is 4.98. The van der Waals surface area contributed by atoms with Crippen molar-refractivity contribution >= 4 is 5.97 Å². The van der Waals surface area contributed by atoms with Crippen molar-refractivity contribution in [3.63, 3.8) is 0 Å². The predicted molar refractivity (Wildman–Crippen MR) is 72.0 cm³/mol. The highest BCUT2D eigenvalue weighted by atomic mass is 16.5. The molecule has 0 bridgehead atoms. The minimum absolute atomic E-state index is 0.110. The molecule has 0 atom stereocenters. The molecule has 96 valence electrons. The summed E-state index contributed by atoms with van der Waals surface area (Å²) in [6.45, 7) is 4.19. The molecule has 0 saturated heterocycles. The first-order valence-electron chi connectivity index (χ1n) is 6.62. The van der Waals surface area contributed by atoms with Crippen LogP contribution in [0.1, 0.15) is 37.7 Å². The Hall–Kier alpha value is -1.57. The van der Waals surface area contributed by atoms with Crippen molar-refractivity contribution in [3.8, 4) is 0 Å². The smallest absolute Gasteiger partial charge is 0.316 e. The van der Waals surface area contributed by atoms with Gasteiger partial charge in [-0.2, -0.15) is 0 Å². The Kier molecular flexibility index (Phi) is 4.19. The molecule has 0 heterocycles. The van der Waals surface area contributed by atoms with E-state index in [4.69, 9.17) is 4.74 Å². The number of ether oxygens (including phenoxy) is 1. The zero-order valence-corrected chi connectivity index (χ0v) is 10.7. The average Bonchev–Trinajstić information content (AvgIpc) is 2.46. The van der Waals surface area contributed by atoms with Gasteiger partial charge in [0.2, 0.25) is 0 Å². The Morgan fingerprint density at radius 3 is 2.50 bits per heavy atom. The molecule has 1 aromatic rings. The van der Waals surface area contributed by atoms with Crippen LogP contribution in [0.3, 0.4) is 0 Å². The van der Waals surface area contributed by atoms with Gasteiger partial charge in [-0.25, -0.2) is 0 Å². The lowest BCUT2D eigenvalue weighted by atomic mass is 9.74. The Balaban J connectivity index is 1.96. The van der Waals surface area contributed by atoms with Crippen LogP contribution in [0.15, 0.2) is 43.0 Å². The largest absolute Gasteiger partial charge is 0.460 e. The number of carbonyl (C=O) groups excluding carboxylic acids is 1. The van der Waals surface area contributed by atoms with Crippen LogP contribution >= 0.6 is 0 Å². The fourth-order valence-corrected chi connectivity index (χ4v) is 2.54. The van der Waals surface area contributed by atoms with Gasteiger partial charge >= 0.3 is 5.97 Å². The van der Waals surface area contributed by atoms with Crippen LogP contribution in [-0.4, -0.2) is 5.97 Å². The maximum Gasteiger partial charge on any atom is 0.316 e. The zero-order chi connectivity index (χ0) is 12.8. The number of hydrogen-bond acceptors (Lipinski definition) is 2. The van der Waals surface area contributed by atoms with Crippen molar-refractivity contribution in [1.82, 2.24) is 0 Å². The van der Waals surface area contributed by atoms with Gasteiger partial charge in [0.1, 0.15) is 6.61 Å². The second kappa shape index (κ2) is 5.85. The summed E-state index contributed by atoms with van der Waals surface area (Å²) >= 11 is 0. The Morgan fingerprint density at radius 2 is 1.89 bits per heavy atom. The molecular weight excluding hydrogens is 224 g/mol. The monoisotopic (exact) mass is 244 g/mol. The van der Waals surface area contributed by atoms with Gasteiger partial charge in [0.25, 0.3) is 0 Å². The van der Waals surface area contributed by atoms with Gasteiger partial charge in [-0.3, -0.25) is 4.79 Å². The van der Waals surface area contributed by atoms with Crippen LogP contribution in [0.25, 0.3) is 0 Å². The van der Waals surface area contributed by atoms with Crippen molar-refractivity contribution in [2.45, 2.75) is 38.7 Å². The molecular formula is C16H20O2. The normalized spacial score (nSPS) is 18.0. The summed E-state index contributed by atoms with van der Waals surface area (Å²) in [5.74, 6) is -0.110. The van der Waals surface area contributed by atoms with Gasteiger partial charge in [0, 0.05) is 0 Å². The number of benzene rings is 1. The van der Waals surface area contributed by atoms with Crippen LogP contribution in [0, 0.1) is 5.41 Å². The Labute approximate surface area is 109 Å². The van der Waals surface area contributed by atoms with Gasteiger partial charge in [-0.15, -0.1) is 6.58 Å². The lowest BCUT2D eigenvalue weighted by Gasteiger charge is -2.31. The van der Waals surface area contributed by atoms with Crippen molar-refractivity contribution < 1.29 is 9.53 Å². The van der Waals surface area contributed by atoms with Gasteiger partial charge in [0.15, 0.2) is 0 Å². The molecule has 0 N–H and O–H groups in total. The number of rotatable bonds is 4. The third kappa shape index (κ3) is 2.81. The molecule has 0 aromatic heterocycles. The molecule has 18 heavy (non-hydrogen) atoms. The molecule has 1 aliphatic carbocycles. The summed E-state index contributed by atoms with van der Waals surface area (Å²) in [6, 6.07) is 9.79. The molecule has 0 amide bonds. The molecule has 0 aliphatic heterocycles. The highest BCUT2D eigenvalue weighted by molar-refractivity contribution is 5.79. The van der Waals surface area contributed by atoms with Crippen LogP contribution in [-0.2, 0) is 16.1 Å². The van der Waals surface area contributed by atoms with E-state index in [1.54, 1.807) is 6.08 Å². The highest BCUT2D eigenvalue weighted by Crippen LogP contribution is 2.38. The van der Waals surface area contributed by atoms with E-state index < -0.39 is 5.41 Å². The molecule has 1 aliphatic rings. The third-order valence-corrected chi connectivity index (χ3v) is 3.76. The van der Waals surface area contributed by atoms with E-state index in [0.29, 0.717) is 6.61 Å². The SMILES string of the molecule is C=CC1(C(=O)OCc2ccccc2)CCCCC1. The fraction of sp³-hybridized carbons (Fsp3) is 0.438. The molecule has 0 spiro atoms. The minimum Gasteiger partial charge on any atom is -0.460 e. The van der Waals surface area contributed by atoms with Crippen molar-refractivity contribution in [2.24, 2.45) is 5.41 Å². The maximum absolute atomic E-state index is 12.2. The standard InChI is InChI=1S/C16H20O2/c1-2-16(11-7-4-8-12-16)15(17)18-13-14-9-5-3-6-10-14/h2-3,5-6,9-10H,1,4,7-8,11-13H2.